The number of nitriles is 2. The molecule has 7 nitrogen and oxygen atoms in total. The van der Waals surface area contributed by atoms with Crippen LogP contribution >= 0.6 is 0 Å². The van der Waals surface area contributed by atoms with E-state index in [4.69, 9.17) is 10.5 Å². The molecule has 31 heavy (non-hydrogen) atoms. The third kappa shape index (κ3) is 5.40. The Kier molecular flexibility index (Phi) is 7.24. The van der Waals surface area contributed by atoms with E-state index in [0.29, 0.717) is 23.6 Å². The van der Waals surface area contributed by atoms with Crippen molar-refractivity contribution in [2.75, 3.05) is 13.6 Å². The highest BCUT2D eigenvalue weighted by Gasteiger charge is 2.37. The van der Waals surface area contributed by atoms with Crippen LogP contribution in [0, 0.1) is 22.8 Å². The molecular weight excluding hydrogens is 388 g/mol. The third-order valence-electron chi connectivity index (χ3n) is 5.93. The van der Waals surface area contributed by atoms with Gasteiger partial charge in [0, 0.05) is 30.6 Å². The first-order valence-electron chi connectivity index (χ1n) is 10.3. The quantitative estimate of drug-likeness (QED) is 0.396. The summed E-state index contributed by atoms with van der Waals surface area (Å²) < 4.78 is 0. The minimum Gasteiger partial charge on any atom is -0.359 e. The van der Waals surface area contributed by atoms with Gasteiger partial charge in [0.15, 0.2) is 0 Å². The van der Waals surface area contributed by atoms with Gasteiger partial charge in [0.2, 0.25) is 12.2 Å². The van der Waals surface area contributed by atoms with Crippen LogP contribution in [0.5, 0.6) is 0 Å². The average molecular weight is 415 g/mol. The van der Waals surface area contributed by atoms with Crippen molar-refractivity contribution in [3.05, 3.63) is 71.3 Å². The lowest BCUT2D eigenvalue weighted by molar-refractivity contribution is 0.0935. The fourth-order valence-corrected chi connectivity index (χ4v) is 4.13. The second-order valence-electron chi connectivity index (χ2n) is 7.75. The lowest BCUT2D eigenvalue weighted by Crippen LogP contribution is -2.49. The topological polar surface area (TPSA) is 113 Å². The zero-order valence-corrected chi connectivity index (χ0v) is 17.6. The predicted octanol–water partition coefficient (Wildman–Crippen LogP) is 2.81. The lowest BCUT2D eigenvalue weighted by Gasteiger charge is -2.41. The zero-order chi connectivity index (χ0) is 22.1. The lowest BCUT2D eigenvalue weighted by atomic mass is 9.68. The maximum Gasteiger partial charge on any atom is 0.251 e. The zero-order valence-electron chi connectivity index (χ0n) is 17.6. The number of benzene rings is 2. The molecule has 0 saturated heterocycles. The summed E-state index contributed by atoms with van der Waals surface area (Å²) in [6.07, 6.45) is 5.39. The highest BCUT2D eigenvalue weighted by atomic mass is 16.1. The van der Waals surface area contributed by atoms with Crippen molar-refractivity contribution >= 4 is 11.9 Å². The van der Waals surface area contributed by atoms with E-state index in [1.54, 1.807) is 37.5 Å². The number of nitrogens with zero attached hydrogens (tertiary/aromatic N) is 3. The number of nitrogens with one attached hydrogen (secondary N) is 3. The van der Waals surface area contributed by atoms with Gasteiger partial charge >= 0.3 is 0 Å². The van der Waals surface area contributed by atoms with E-state index in [1.807, 2.05) is 18.2 Å². The molecule has 0 spiro atoms. The highest BCUT2D eigenvalue weighted by molar-refractivity contribution is 5.94. The predicted molar refractivity (Wildman–Crippen MR) is 119 cm³/mol. The summed E-state index contributed by atoms with van der Waals surface area (Å²) in [4.78, 5) is 16.5. The van der Waals surface area contributed by atoms with Gasteiger partial charge in [-0.3, -0.25) is 4.79 Å². The van der Waals surface area contributed by atoms with Crippen molar-refractivity contribution in [2.45, 2.75) is 37.1 Å². The normalized spacial score (nSPS) is 20.7. The van der Waals surface area contributed by atoms with Crippen LogP contribution in [0.4, 0.5) is 0 Å². The molecule has 2 aromatic carbocycles. The number of rotatable bonds is 5. The fourth-order valence-electron chi connectivity index (χ4n) is 4.13. The molecule has 0 aromatic heterocycles. The molecule has 1 saturated carbocycles. The SMILES string of the molecule is CN/C(=N\C#N)N[C@H]1CC[C@](CNC(=O)c2ccc(C#N)cc2)(c2ccccc2)CC1. The van der Waals surface area contributed by atoms with Gasteiger partial charge in [0.25, 0.3) is 5.91 Å². The molecule has 0 heterocycles. The van der Waals surface area contributed by atoms with Gasteiger partial charge < -0.3 is 16.0 Å². The summed E-state index contributed by atoms with van der Waals surface area (Å²) in [7, 11) is 1.74. The van der Waals surface area contributed by atoms with Crippen LogP contribution in [0.25, 0.3) is 0 Å². The Labute approximate surface area is 182 Å². The van der Waals surface area contributed by atoms with E-state index < -0.39 is 0 Å². The summed E-state index contributed by atoms with van der Waals surface area (Å²) >= 11 is 0. The monoisotopic (exact) mass is 414 g/mol. The number of carbonyl (C=O) groups excluding carboxylic acids is 1. The molecule has 2 aromatic rings. The molecule has 1 aliphatic carbocycles. The molecule has 0 atom stereocenters. The Balaban J connectivity index is 1.71. The van der Waals surface area contributed by atoms with Crippen LogP contribution in [-0.2, 0) is 5.41 Å². The molecule has 1 amide bonds. The molecule has 1 fully saturated rings. The first kappa shape index (κ1) is 21.9. The molecule has 0 radical (unpaired) electrons. The van der Waals surface area contributed by atoms with Crippen LogP contribution in [0.2, 0.25) is 0 Å². The number of hydrogen-bond acceptors (Lipinski definition) is 4. The van der Waals surface area contributed by atoms with E-state index in [-0.39, 0.29) is 17.4 Å². The van der Waals surface area contributed by atoms with Gasteiger partial charge in [-0.2, -0.15) is 10.5 Å². The number of amides is 1. The Morgan fingerprint density at radius 2 is 1.77 bits per heavy atom. The molecule has 3 rings (SSSR count). The summed E-state index contributed by atoms with van der Waals surface area (Å²) in [6, 6.07) is 19.2. The molecule has 0 bridgehead atoms. The largest absolute Gasteiger partial charge is 0.359 e. The van der Waals surface area contributed by atoms with Gasteiger partial charge in [0.05, 0.1) is 11.6 Å². The summed E-state index contributed by atoms with van der Waals surface area (Å²) in [6.45, 7) is 0.535. The third-order valence-corrected chi connectivity index (χ3v) is 5.93. The van der Waals surface area contributed by atoms with Gasteiger partial charge in [-0.15, -0.1) is 4.99 Å². The molecular formula is C24H26N6O. The maximum atomic E-state index is 12.7. The maximum absolute atomic E-state index is 12.7. The van der Waals surface area contributed by atoms with Crippen molar-refractivity contribution in [1.82, 2.24) is 16.0 Å². The number of guanidine groups is 1. The average Bonchev–Trinajstić information content (AvgIpc) is 2.83. The van der Waals surface area contributed by atoms with Gasteiger partial charge in [0.1, 0.15) is 0 Å². The number of aliphatic imine (C=N–C) groups is 1. The van der Waals surface area contributed by atoms with Crippen molar-refractivity contribution < 1.29 is 4.79 Å². The first-order chi connectivity index (χ1) is 15.1. The van der Waals surface area contributed by atoms with Crippen molar-refractivity contribution in [3.63, 3.8) is 0 Å². The van der Waals surface area contributed by atoms with Crippen LogP contribution in [0.15, 0.2) is 59.6 Å². The Morgan fingerprint density at radius 3 is 2.35 bits per heavy atom. The number of carbonyl (C=O) groups is 1. The van der Waals surface area contributed by atoms with E-state index in [9.17, 15) is 4.79 Å². The minimum absolute atomic E-state index is 0.140. The second kappa shape index (κ2) is 10.3. The van der Waals surface area contributed by atoms with Crippen LogP contribution in [-0.4, -0.2) is 31.5 Å². The Morgan fingerprint density at radius 1 is 1.10 bits per heavy atom. The van der Waals surface area contributed by atoms with Crippen molar-refractivity contribution in [2.24, 2.45) is 4.99 Å². The smallest absolute Gasteiger partial charge is 0.251 e. The van der Waals surface area contributed by atoms with Crippen LogP contribution in [0.3, 0.4) is 0 Å². The summed E-state index contributed by atoms with van der Waals surface area (Å²) in [5, 5.41) is 27.1. The van der Waals surface area contributed by atoms with E-state index in [2.05, 4.69) is 39.1 Å². The van der Waals surface area contributed by atoms with Gasteiger partial charge in [-0.05, 0) is 55.5 Å². The summed E-state index contributed by atoms with van der Waals surface area (Å²) in [5.74, 6) is 0.340. The molecule has 0 unspecified atom stereocenters. The van der Waals surface area contributed by atoms with Crippen molar-refractivity contribution in [1.29, 1.82) is 10.5 Å². The molecule has 0 aliphatic heterocycles. The van der Waals surface area contributed by atoms with Crippen LogP contribution < -0.4 is 16.0 Å². The molecule has 1 aliphatic rings. The van der Waals surface area contributed by atoms with E-state index in [0.717, 1.165) is 25.7 Å². The molecule has 158 valence electrons. The van der Waals surface area contributed by atoms with Crippen LogP contribution in [0.1, 0.15) is 47.2 Å². The standard InChI is InChI=1S/C24H26N6O/c1-27-23(29-17-26)30-21-11-13-24(14-12-21,20-5-3-2-4-6-20)16-28-22(31)19-9-7-18(15-25)8-10-19/h2-10,21H,11-14,16H2,1H3,(H,28,31)(H2,27,29,30)/t21-,24-. The van der Waals surface area contributed by atoms with E-state index in [1.165, 1.54) is 5.56 Å². The highest BCUT2D eigenvalue weighted by Crippen LogP contribution is 2.39. The first-order valence-corrected chi connectivity index (χ1v) is 10.3. The van der Waals surface area contributed by atoms with Gasteiger partial charge in [-0.25, -0.2) is 0 Å². The molecule has 3 N–H and O–H groups in total. The second-order valence-corrected chi connectivity index (χ2v) is 7.75. The van der Waals surface area contributed by atoms with Gasteiger partial charge in [-0.1, -0.05) is 30.3 Å². The number of hydrogen-bond donors (Lipinski definition) is 3. The summed E-state index contributed by atoms with van der Waals surface area (Å²) in [5.41, 5.74) is 2.13. The fraction of sp³-hybridized carbons (Fsp3) is 0.333. The van der Waals surface area contributed by atoms with E-state index >= 15 is 0 Å². The minimum atomic E-state index is -0.159. The molecule has 7 heteroatoms. The Hall–Kier alpha value is -3.84. The van der Waals surface area contributed by atoms with Crippen molar-refractivity contribution in [3.8, 4) is 12.3 Å². The Bertz CT molecular complexity index is 993.